The summed E-state index contributed by atoms with van der Waals surface area (Å²) in [4.78, 5) is 6.83. The first kappa shape index (κ1) is 13.0. The molecule has 1 rings (SSSR count). The molecule has 1 atom stereocenters. The number of pyridine rings is 1. The van der Waals surface area contributed by atoms with E-state index >= 15 is 0 Å². The molecule has 0 amide bonds. The zero-order valence-electron chi connectivity index (χ0n) is 10.8. The third-order valence-corrected chi connectivity index (χ3v) is 3.21. The summed E-state index contributed by atoms with van der Waals surface area (Å²) in [7, 11) is 0. The van der Waals surface area contributed by atoms with Crippen molar-refractivity contribution >= 4 is 5.82 Å². The highest BCUT2D eigenvalue weighted by molar-refractivity contribution is 5.50. The summed E-state index contributed by atoms with van der Waals surface area (Å²) in [5, 5.41) is 0. The Bertz CT molecular complexity index is 336. The molecular weight excluding hydrogens is 198 g/mol. The molecule has 0 radical (unpaired) electrons. The van der Waals surface area contributed by atoms with Gasteiger partial charge in [0.15, 0.2) is 0 Å². The van der Waals surface area contributed by atoms with Gasteiger partial charge >= 0.3 is 0 Å². The minimum absolute atomic E-state index is 0.504. The fourth-order valence-electron chi connectivity index (χ4n) is 1.96. The highest BCUT2D eigenvalue weighted by Crippen LogP contribution is 2.22. The van der Waals surface area contributed by atoms with Gasteiger partial charge in [-0.3, -0.25) is 0 Å². The van der Waals surface area contributed by atoms with Crippen molar-refractivity contribution < 1.29 is 0 Å². The zero-order valence-corrected chi connectivity index (χ0v) is 10.8. The number of aryl methyl sites for hydroxylation is 1. The van der Waals surface area contributed by atoms with Gasteiger partial charge in [0.25, 0.3) is 0 Å². The Morgan fingerprint density at radius 3 is 2.62 bits per heavy atom. The summed E-state index contributed by atoms with van der Waals surface area (Å²) < 4.78 is 0. The Balaban J connectivity index is 3.14. The fourth-order valence-corrected chi connectivity index (χ4v) is 1.96. The molecule has 0 fully saturated rings. The maximum atomic E-state index is 5.82. The minimum Gasteiger partial charge on any atom is -0.354 e. The minimum atomic E-state index is 0.504. The molecule has 16 heavy (non-hydrogen) atoms. The molecule has 0 saturated heterocycles. The van der Waals surface area contributed by atoms with Gasteiger partial charge < -0.3 is 10.6 Å². The van der Waals surface area contributed by atoms with Gasteiger partial charge in [0, 0.05) is 30.9 Å². The molecule has 1 heterocycles. The monoisotopic (exact) mass is 221 g/mol. The van der Waals surface area contributed by atoms with Crippen LogP contribution < -0.4 is 10.6 Å². The quantitative estimate of drug-likeness (QED) is 0.830. The first-order valence-corrected chi connectivity index (χ1v) is 6.06. The Kier molecular flexibility index (Phi) is 4.74. The summed E-state index contributed by atoms with van der Waals surface area (Å²) in [6.45, 7) is 10.2. The number of anilines is 1. The van der Waals surface area contributed by atoms with E-state index in [1.807, 2.05) is 12.3 Å². The number of aromatic nitrogens is 1. The SMILES string of the molecule is CCC(C)N(CC)c1nccc(C)c1CN. The number of nitrogens with zero attached hydrogens (tertiary/aromatic N) is 2. The molecule has 0 spiro atoms. The van der Waals surface area contributed by atoms with Crippen molar-refractivity contribution in [1.82, 2.24) is 4.98 Å². The molecule has 3 heteroatoms. The van der Waals surface area contributed by atoms with Crippen molar-refractivity contribution in [1.29, 1.82) is 0 Å². The molecule has 1 unspecified atom stereocenters. The van der Waals surface area contributed by atoms with Crippen molar-refractivity contribution in [3.8, 4) is 0 Å². The van der Waals surface area contributed by atoms with Crippen LogP contribution in [0.2, 0.25) is 0 Å². The van der Waals surface area contributed by atoms with Gasteiger partial charge in [0.2, 0.25) is 0 Å². The topological polar surface area (TPSA) is 42.2 Å². The van der Waals surface area contributed by atoms with E-state index in [-0.39, 0.29) is 0 Å². The number of nitrogens with two attached hydrogens (primary N) is 1. The number of hydrogen-bond acceptors (Lipinski definition) is 3. The van der Waals surface area contributed by atoms with Crippen LogP contribution in [0.15, 0.2) is 12.3 Å². The predicted molar refractivity (Wildman–Crippen MR) is 69.6 cm³/mol. The van der Waals surface area contributed by atoms with Crippen LogP contribution in [0.25, 0.3) is 0 Å². The molecule has 2 N–H and O–H groups in total. The van der Waals surface area contributed by atoms with Gasteiger partial charge in [0.1, 0.15) is 5.82 Å². The summed E-state index contributed by atoms with van der Waals surface area (Å²) in [6, 6.07) is 2.53. The van der Waals surface area contributed by atoms with E-state index in [2.05, 4.69) is 37.6 Å². The lowest BCUT2D eigenvalue weighted by molar-refractivity contribution is 0.619. The molecule has 0 bridgehead atoms. The second-order valence-corrected chi connectivity index (χ2v) is 4.18. The Hall–Kier alpha value is -1.09. The van der Waals surface area contributed by atoms with Gasteiger partial charge in [-0.2, -0.15) is 0 Å². The van der Waals surface area contributed by atoms with Gasteiger partial charge in [-0.05, 0) is 38.8 Å². The van der Waals surface area contributed by atoms with Crippen LogP contribution in [0.3, 0.4) is 0 Å². The average Bonchev–Trinajstić information content (AvgIpc) is 2.30. The second-order valence-electron chi connectivity index (χ2n) is 4.18. The molecule has 1 aromatic rings. The van der Waals surface area contributed by atoms with E-state index in [1.165, 1.54) is 11.1 Å². The summed E-state index contributed by atoms with van der Waals surface area (Å²) >= 11 is 0. The lowest BCUT2D eigenvalue weighted by Gasteiger charge is -2.30. The zero-order chi connectivity index (χ0) is 12.1. The molecule has 1 aromatic heterocycles. The van der Waals surface area contributed by atoms with Crippen LogP contribution in [-0.2, 0) is 6.54 Å². The fraction of sp³-hybridized carbons (Fsp3) is 0.615. The van der Waals surface area contributed by atoms with Crippen LogP contribution in [-0.4, -0.2) is 17.6 Å². The third-order valence-electron chi connectivity index (χ3n) is 3.21. The molecule has 0 aromatic carbocycles. The van der Waals surface area contributed by atoms with Crippen LogP contribution in [0, 0.1) is 6.92 Å². The normalized spacial score (nSPS) is 12.6. The lowest BCUT2D eigenvalue weighted by Crippen LogP contribution is -2.34. The standard InChI is InChI=1S/C13H23N3/c1-5-11(4)16(6-2)13-12(9-14)10(3)7-8-15-13/h7-8,11H,5-6,9,14H2,1-4H3. The highest BCUT2D eigenvalue weighted by atomic mass is 15.2. The van der Waals surface area contributed by atoms with Gasteiger partial charge in [-0.25, -0.2) is 4.98 Å². The van der Waals surface area contributed by atoms with Crippen molar-refractivity contribution in [2.75, 3.05) is 11.4 Å². The molecule has 0 aliphatic heterocycles. The maximum absolute atomic E-state index is 5.82. The van der Waals surface area contributed by atoms with Crippen LogP contribution in [0.4, 0.5) is 5.82 Å². The van der Waals surface area contributed by atoms with Crippen LogP contribution >= 0.6 is 0 Å². The second kappa shape index (κ2) is 5.85. The smallest absolute Gasteiger partial charge is 0.133 e. The van der Waals surface area contributed by atoms with E-state index in [0.29, 0.717) is 12.6 Å². The van der Waals surface area contributed by atoms with Crippen LogP contribution in [0.5, 0.6) is 0 Å². The largest absolute Gasteiger partial charge is 0.354 e. The number of rotatable bonds is 5. The Morgan fingerprint density at radius 2 is 2.12 bits per heavy atom. The van der Waals surface area contributed by atoms with Gasteiger partial charge in [-0.1, -0.05) is 6.92 Å². The molecular formula is C13H23N3. The Labute approximate surface area is 98.7 Å². The first-order chi connectivity index (χ1) is 7.65. The summed E-state index contributed by atoms with van der Waals surface area (Å²) in [6.07, 6.45) is 2.99. The molecule has 0 aliphatic carbocycles. The van der Waals surface area contributed by atoms with E-state index in [9.17, 15) is 0 Å². The van der Waals surface area contributed by atoms with E-state index in [4.69, 9.17) is 5.73 Å². The van der Waals surface area contributed by atoms with E-state index in [0.717, 1.165) is 18.8 Å². The number of hydrogen-bond donors (Lipinski definition) is 1. The average molecular weight is 221 g/mol. The van der Waals surface area contributed by atoms with E-state index in [1.54, 1.807) is 0 Å². The predicted octanol–water partition coefficient (Wildman–Crippen LogP) is 2.47. The summed E-state index contributed by atoms with van der Waals surface area (Å²) in [5.74, 6) is 1.05. The first-order valence-electron chi connectivity index (χ1n) is 6.06. The third kappa shape index (κ3) is 2.53. The molecule has 0 aliphatic rings. The molecule has 3 nitrogen and oxygen atoms in total. The lowest BCUT2D eigenvalue weighted by atomic mass is 10.1. The highest BCUT2D eigenvalue weighted by Gasteiger charge is 2.16. The Morgan fingerprint density at radius 1 is 1.44 bits per heavy atom. The van der Waals surface area contributed by atoms with Crippen molar-refractivity contribution in [3.05, 3.63) is 23.4 Å². The van der Waals surface area contributed by atoms with Crippen molar-refractivity contribution in [3.63, 3.8) is 0 Å². The van der Waals surface area contributed by atoms with Gasteiger partial charge in [-0.15, -0.1) is 0 Å². The summed E-state index contributed by atoms with van der Waals surface area (Å²) in [5.41, 5.74) is 8.22. The van der Waals surface area contributed by atoms with E-state index < -0.39 is 0 Å². The van der Waals surface area contributed by atoms with Crippen molar-refractivity contribution in [2.24, 2.45) is 5.73 Å². The molecule has 0 saturated carbocycles. The molecule has 90 valence electrons. The maximum Gasteiger partial charge on any atom is 0.133 e. The van der Waals surface area contributed by atoms with Crippen LogP contribution in [0.1, 0.15) is 38.3 Å². The van der Waals surface area contributed by atoms with Gasteiger partial charge in [0.05, 0.1) is 0 Å². The van der Waals surface area contributed by atoms with Crippen molar-refractivity contribution in [2.45, 2.75) is 46.7 Å².